The number of ether oxygens (including phenoxy) is 2. The Labute approximate surface area is 308 Å². The summed E-state index contributed by atoms with van der Waals surface area (Å²) in [6, 6.07) is 11.8. The number of hydrogen-bond acceptors (Lipinski definition) is 8. The van der Waals surface area contributed by atoms with E-state index in [0.29, 0.717) is 43.1 Å². The van der Waals surface area contributed by atoms with Crippen molar-refractivity contribution in [1.82, 2.24) is 19.8 Å². The normalized spacial score (nSPS) is 20.2. The van der Waals surface area contributed by atoms with E-state index in [4.69, 9.17) is 14.5 Å². The van der Waals surface area contributed by atoms with Crippen LogP contribution in [0.2, 0.25) is 0 Å². The number of nitrogens with zero attached hydrogens (tertiary/aromatic N) is 4. The molecule has 1 N–H and O–H groups in total. The molecule has 2 aromatic carbocycles. The van der Waals surface area contributed by atoms with Crippen LogP contribution in [0.3, 0.4) is 0 Å². The zero-order valence-electron chi connectivity index (χ0n) is 31.8. The number of carbonyl (C=O) groups excluding carboxylic acids is 2. The van der Waals surface area contributed by atoms with Crippen molar-refractivity contribution >= 4 is 28.0 Å². The molecule has 3 aromatic rings. The van der Waals surface area contributed by atoms with Gasteiger partial charge in [-0.25, -0.2) is 22.9 Å². The Morgan fingerprint density at radius 2 is 1.71 bits per heavy atom. The standard InChI is InChI=1S/C40H53N5O6S/c1-9-32-34(33-26(4)12-10-13-27(33)5)41-37-42-35(32)50-24-29(20-25(2)3)45(36(46)28-14-11-15-31(21-28)52(48,49)43-37)30-22-40(23-30)16-18-44(19-17-40)38(47)51-39(6,7)8/h10-15,21,25,29-30H,9,16-20,22-24H2,1-8H3,(H,41,42,43)/t29-/m1/s1. The van der Waals surface area contributed by atoms with Crippen LogP contribution >= 0.6 is 0 Å². The first kappa shape index (κ1) is 37.6. The number of hydrogen-bond donors (Lipinski definition) is 1. The van der Waals surface area contributed by atoms with Gasteiger partial charge in [-0.2, -0.15) is 4.98 Å². The Bertz CT molecular complexity index is 1920. The Kier molecular flexibility index (Phi) is 10.3. The van der Waals surface area contributed by atoms with Gasteiger partial charge < -0.3 is 19.3 Å². The van der Waals surface area contributed by atoms with Crippen LogP contribution in [0.25, 0.3) is 11.3 Å². The summed E-state index contributed by atoms with van der Waals surface area (Å²) < 4.78 is 42.6. The van der Waals surface area contributed by atoms with Gasteiger partial charge in [-0.3, -0.25) is 4.79 Å². The lowest BCUT2D eigenvalue weighted by molar-refractivity contribution is -0.0555. The third kappa shape index (κ3) is 7.77. The number of sulfonamides is 1. The highest BCUT2D eigenvalue weighted by atomic mass is 32.2. The van der Waals surface area contributed by atoms with Crippen molar-refractivity contribution in [2.24, 2.45) is 11.3 Å². The fourth-order valence-corrected chi connectivity index (χ4v) is 9.10. The van der Waals surface area contributed by atoms with Gasteiger partial charge in [0.25, 0.3) is 15.9 Å². The molecule has 4 bridgehead atoms. The summed E-state index contributed by atoms with van der Waals surface area (Å²) in [5.74, 6) is 0.244. The van der Waals surface area contributed by atoms with Crippen LogP contribution in [-0.4, -0.2) is 77.6 Å². The van der Waals surface area contributed by atoms with E-state index >= 15 is 0 Å². The highest BCUT2D eigenvalue weighted by Gasteiger charge is 2.51. The van der Waals surface area contributed by atoms with E-state index in [1.807, 2.05) is 64.6 Å². The number of carbonyl (C=O) groups is 2. The largest absolute Gasteiger partial charge is 0.475 e. The number of benzene rings is 2. The summed E-state index contributed by atoms with van der Waals surface area (Å²) in [6.07, 6.45) is 4.20. The molecule has 1 saturated carbocycles. The maximum absolute atomic E-state index is 14.7. The molecular formula is C40H53N5O6S. The van der Waals surface area contributed by atoms with Crippen LogP contribution in [0.4, 0.5) is 10.7 Å². The fourth-order valence-electron chi connectivity index (χ4n) is 8.11. The molecule has 1 aliphatic carbocycles. The number of likely N-dealkylation sites (tertiary alicyclic amines) is 1. The number of amides is 2. The highest BCUT2D eigenvalue weighted by Crippen LogP contribution is 2.52. The van der Waals surface area contributed by atoms with Crippen LogP contribution in [0.15, 0.2) is 47.4 Å². The van der Waals surface area contributed by atoms with Gasteiger partial charge in [0.2, 0.25) is 11.8 Å². The van der Waals surface area contributed by atoms with Crippen molar-refractivity contribution in [1.29, 1.82) is 0 Å². The van der Waals surface area contributed by atoms with Gasteiger partial charge in [0.05, 0.1) is 16.6 Å². The smallest absolute Gasteiger partial charge is 0.410 e. The average Bonchev–Trinajstić information content (AvgIpc) is 3.05. The van der Waals surface area contributed by atoms with Crippen molar-refractivity contribution in [3.8, 4) is 17.1 Å². The molecular weight excluding hydrogens is 679 g/mol. The first-order valence-electron chi connectivity index (χ1n) is 18.5. The molecule has 1 aromatic heterocycles. The molecule has 2 amide bonds. The van der Waals surface area contributed by atoms with Crippen molar-refractivity contribution < 1.29 is 27.5 Å². The van der Waals surface area contributed by atoms with E-state index in [2.05, 4.69) is 23.6 Å². The van der Waals surface area contributed by atoms with Crippen molar-refractivity contribution in [3.63, 3.8) is 0 Å². The molecule has 0 radical (unpaired) electrons. The first-order chi connectivity index (χ1) is 24.5. The van der Waals surface area contributed by atoms with E-state index in [1.54, 1.807) is 17.0 Å². The van der Waals surface area contributed by atoms with Crippen LogP contribution < -0.4 is 9.46 Å². The monoisotopic (exact) mass is 731 g/mol. The van der Waals surface area contributed by atoms with E-state index in [1.165, 1.54) is 12.1 Å². The zero-order chi connectivity index (χ0) is 37.6. The van der Waals surface area contributed by atoms with Gasteiger partial charge >= 0.3 is 6.09 Å². The predicted octanol–water partition coefficient (Wildman–Crippen LogP) is 7.55. The Balaban J connectivity index is 1.38. The van der Waals surface area contributed by atoms with Crippen molar-refractivity contribution in [2.45, 2.75) is 116 Å². The van der Waals surface area contributed by atoms with Crippen LogP contribution in [0.5, 0.6) is 5.88 Å². The van der Waals surface area contributed by atoms with Crippen LogP contribution in [0, 0.1) is 25.2 Å². The van der Waals surface area contributed by atoms with Crippen molar-refractivity contribution in [2.75, 3.05) is 24.4 Å². The lowest BCUT2D eigenvalue weighted by Crippen LogP contribution is -2.60. The minimum Gasteiger partial charge on any atom is -0.475 e. The molecule has 2 aliphatic heterocycles. The Morgan fingerprint density at radius 3 is 2.33 bits per heavy atom. The lowest BCUT2D eigenvalue weighted by atomic mass is 9.59. The Hall–Kier alpha value is -4.19. The molecule has 12 heteroatoms. The minimum atomic E-state index is -4.17. The van der Waals surface area contributed by atoms with Crippen molar-refractivity contribution in [3.05, 3.63) is 64.7 Å². The molecule has 280 valence electrons. The van der Waals surface area contributed by atoms with Gasteiger partial charge in [-0.05, 0) is 114 Å². The van der Waals surface area contributed by atoms with Crippen LogP contribution in [0.1, 0.15) is 101 Å². The van der Waals surface area contributed by atoms with Crippen LogP contribution in [-0.2, 0) is 21.2 Å². The van der Waals surface area contributed by atoms with Gasteiger partial charge in [-0.1, -0.05) is 45.0 Å². The number of anilines is 1. The van der Waals surface area contributed by atoms with Gasteiger partial charge in [0.1, 0.15) is 12.2 Å². The molecule has 3 heterocycles. The number of piperidine rings is 1. The summed E-state index contributed by atoms with van der Waals surface area (Å²) >= 11 is 0. The number of aromatic nitrogens is 2. The third-order valence-electron chi connectivity index (χ3n) is 10.6. The number of fused-ring (bicyclic) bond motifs is 4. The molecule has 1 spiro atoms. The van der Waals surface area contributed by atoms with E-state index in [0.717, 1.165) is 47.9 Å². The summed E-state index contributed by atoms with van der Waals surface area (Å²) in [5.41, 5.74) is 4.07. The van der Waals surface area contributed by atoms with E-state index in [9.17, 15) is 18.0 Å². The summed E-state index contributed by atoms with van der Waals surface area (Å²) in [7, 11) is -4.17. The Morgan fingerprint density at radius 1 is 1.06 bits per heavy atom. The maximum Gasteiger partial charge on any atom is 0.410 e. The topological polar surface area (TPSA) is 131 Å². The summed E-state index contributed by atoms with van der Waals surface area (Å²) in [4.78, 5) is 40.6. The lowest BCUT2D eigenvalue weighted by Gasteiger charge is -2.56. The summed E-state index contributed by atoms with van der Waals surface area (Å²) in [6.45, 7) is 17.3. The average molecular weight is 732 g/mol. The third-order valence-corrected chi connectivity index (χ3v) is 12.0. The second kappa shape index (κ2) is 14.3. The molecule has 1 saturated heterocycles. The SMILES string of the molecule is CCc1c2nc(nc1-c1c(C)cccc1C)NS(=O)(=O)c1cccc(c1)C(=O)N(C1CC3(CCN(C(=O)OC(C)(C)C)CC3)C1)[C@H](CC(C)C)CO2. The zero-order valence-corrected chi connectivity index (χ0v) is 32.6. The van der Waals surface area contributed by atoms with Gasteiger partial charge in [0.15, 0.2) is 0 Å². The predicted molar refractivity (Wildman–Crippen MR) is 201 cm³/mol. The van der Waals surface area contributed by atoms with Gasteiger partial charge in [0, 0.05) is 35.8 Å². The number of nitrogens with one attached hydrogen (secondary N) is 1. The molecule has 2 fully saturated rings. The molecule has 0 unspecified atom stereocenters. The minimum absolute atomic E-state index is 0.0141. The maximum atomic E-state index is 14.7. The quantitative estimate of drug-likeness (QED) is 0.285. The van der Waals surface area contributed by atoms with E-state index in [-0.39, 0.29) is 52.9 Å². The number of aryl methyl sites for hydroxylation is 2. The molecule has 6 rings (SSSR count). The summed E-state index contributed by atoms with van der Waals surface area (Å²) in [5, 5.41) is 0. The molecule has 52 heavy (non-hydrogen) atoms. The van der Waals surface area contributed by atoms with E-state index < -0.39 is 15.6 Å². The van der Waals surface area contributed by atoms with Gasteiger partial charge in [-0.15, -0.1) is 0 Å². The fraction of sp³-hybridized carbons (Fsp3) is 0.550. The molecule has 3 aliphatic rings. The number of rotatable bonds is 5. The molecule has 1 atom stereocenters. The second-order valence-corrected chi connectivity index (χ2v) is 18.0. The molecule has 11 nitrogen and oxygen atoms in total. The second-order valence-electron chi connectivity index (χ2n) is 16.3. The first-order valence-corrected chi connectivity index (χ1v) is 20.0. The highest BCUT2D eigenvalue weighted by molar-refractivity contribution is 7.92.